The summed E-state index contributed by atoms with van der Waals surface area (Å²) >= 11 is 0. The van der Waals surface area contributed by atoms with Crippen LogP contribution in [0.1, 0.15) is 46.7 Å². The Kier molecular flexibility index (Phi) is 9.34. The molecule has 0 N–H and O–H groups in total. The van der Waals surface area contributed by atoms with Gasteiger partial charge in [-0.25, -0.2) is 0 Å². The molecule has 0 heterocycles. The molecule has 0 saturated heterocycles. The fourth-order valence-electron chi connectivity index (χ4n) is 3.72. The van der Waals surface area contributed by atoms with Gasteiger partial charge in [0, 0.05) is 0 Å². The molecule has 0 spiro atoms. The summed E-state index contributed by atoms with van der Waals surface area (Å²) in [5.41, 5.74) is 8.12. The van der Waals surface area contributed by atoms with Crippen LogP contribution in [0.2, 0.25) is 0 Å². The molecule has 1 heteroatoms. The van der Waals surface area contributed by atoms with E-state index in [0.717, 1.165) is 38.7 Å². The van der Waals surface area contributed by atoms with E-state index in [-0.39, 0.29) is 0 Å². The van der Waals surface area contributed by atoms with Crippen LogP contribution >= 0.6 is 0 Å². The second-order valence-electron chi connectivity index (χ2n) is 7.96. The van der Waals surface area contributed by atoms with Gasteiger partial charge in [-0.05, 0) is 72.4 Å². The molecule has 0 fully saturated rings. The van der Waals surface area contributed by atoms with Crippen molar-refractivity contribution in [1.82, 2.24) is 0 Å². The van der Waals surface area contributed by atoms with E-state index < -0.39 is 0 Å². The van der Waals surface area contributed by atoms with Crippen molar-refractivity contribution in [2.24, 2.45) is 0 Å². The minimum atomic E-state index is 0.679. The van der Waals surface area contributed by atoms with Gasteiger partial charge in [-0.15, -0.1) is 6.58 Å². The van der Waals surface area contributed by atoms with Crippen LogP contribution in [-0.2, 0) is 37.0 Å². The van der Waals surface area contributed by atoms with Crippen LogP contribution in [0.25, 0.3) is 6.08 Å². The lowest BCUT2D eigenvalue weighted by Gasteiger charge is -2.10. The van der Waals surface area contributed by atoms with E-state index in [1.807, 2.05) is 6.08 Å². The summed E-state index contributed by atoms with van der Waals surface area (Å²) in [6.07, 6.45) is 11.3. The average Bonchev–Trinajstić information content (AvgIpc) is 2.81. The number of allylic oxidation sites excluding steroid dienone is 1. The molecule has 0 atom stereocenters. The van der Waals surface area contributed by atoms with Crippen molar-refractivity contribution in [3.8, 4) is 0 Å². The van der Waals surface area contributed by atoms with E-state index in [9.17, 15) is 0 Å². The van der Waals surface area contributed by atoms with Gasteiger partial charge in [0.05, 0.1) is 13.2 Å². The lowest BCUT2D eigenvalue weighted by atomic mass is 9.98. The zero-order valence-electron chi connectivity index (χ0n) is 18.7. The quantitative estimate of drug-likeness (QED) is 0.223. The first-order valence-electron chi connectivity index (χ1n) is 11.3. The molecule has 3 rings (SSSR count). The summed E-state index contributed by atoms with van der Waals surface area (Å²) in [7, 11) is 0. The van der Waals surface area contributed by atoms with E-state index >= 15 is 0 Å². The van der Waals surface area contributed by atoms with Gasteiger partial charge in [0.15, 0.2) is 0 Å². The molecule has 0 aromatic heterocycles. The molecule has 0 aliphatic rings. The van der Waals surface area contributed by atoms with Gasteiger partial charge in [0.2, 0.25) is 0 Å². The summed E-state index contributed by atoms with van der Waals surface area (Å²) in [5, 5.41) is 0. The number of ether oxygens (including phenoxy) is 1. The SMILES string of the molecule is C=CCCOCc1ccccc1CCc1ccc(CCc2ccc(C=CC)cc2)cc1. The van der Waals surface area contributed by atoms with Crippen molar-refractivity contribution in [2.45, 2.75) is 45.6 Å². The molecule has 0 unspecified atom stereocenters. The lowest BCUT2D eigenvalue weighted by molar-refractivity contribution is 0.125. The largest absolute Gasteiger partial charge is 0.376 e. The smallest absolute Gasteiger partial charge is 0.0719 e. The number of aryl methyl sites for hydroxylation is 4. The Hall–Kier alpha value is -2.90. The second kappa shape index (κ2) is 12.7. The molecule has 0 bridgehead atoms. The lowest BCUT2D eigenvalue weighted by Crippen LogP contribution is -2.01. The van der Waals surface area contributed by atoms with Gasteiger partial charge in [0.1, 0.15) is 0 Å². The molecule has 0 aliphatic heterocycles. The normalized spacial score (nSPS) is 11.1. The van der Waals surface area contributed by atoms with E-state index in [0.29, 0.717) is 6.61 Å². The minimum Gasteiger partial charge on any atom is -0.376 e. The van der Waals surface area contributed by atoms with Crippen LogP contribution in [-0.4, -0.2) is 6.61 Å². The first-order valence-corrected chi connectivity index (χ1v) is 11.3. The molecule has 160 valence electrons. The number of hydrogen-bond donors (Lipinski definition) is 0. The van der Waals surface area contributed by atoms with Crippen LogP contribution in [0, 0.1) is 0 Å². The third kappa shape index (κ3) is 7.70. The molecule has 0 aliphatic carbocycles. The second-order valence-corrected chi connectivity index (χ2v) is 7.96. The van der Waals surface area contributed by atoms with Crippen LogP contribution in [0.15, 0.2) is 91.5 Å². The summed E-state index contributed by atoms with van der Waals surface area (Å²) in [6, 6.07) is 26.6. The van der Waals surface area contributed by atoms with Gasteiger partial charge >= 0.3 is 0 Å². The van der Waals surface area contributed by atoms with E-state index in [1.165, 1.54) is 33.4 Å². The Labute approximate surface area is 188 Å². The highest BCUT2D eigenvalue weighted by atomic mass is 16.5. The molecule has 0 saturated carbocycles. The number of hydrogen-bond acceptors (Lipinski definition) is 1. The van der Waals surface area contributed by atoms with Crippen molar-refractivity contribution in [1.29, 1.82) is 0 Å². The van der Waals surface area contributed by atoms with Crippen molar-refractivity contribution in [3.63, 3.8) is 0 Å². The first kappa shape index (κ1) is 22.8. The van der Waals surface area contributed by atoms with Crippen LogP contribution in [0.3, 0.4) is 0 Å². The zero-order chi connectivity index (χ0) is 21.7. The van der Waals surface area contributed by atoms with Crippen LogP contribution < -0.4 is 0 Å². The third-order valence-corrected chi connectivity index (χ3v) is 5.59. The topological polar surface area (TPSA) is 9.23 Å². The van der Waals surface area contributed by atoms with Crippen molar-refractivity contribution in [2.75, 3.05) is 6.61 Å². The Morgan fingerprint density at radius 1 is 0.710 bits per heavy atom. The Balaban J connectivity index is 1.49. The third-order valence-electron chi connectivity index (χ3n) is 5.59. The molecule has 0 radical (unpaired) electrons. The molecule has 3 aromatic carbocycles. The fourth-order valence-corrected chi connectivity index (χ4v) is 3.72. The molecule has 3 aromatic rings. The maximum absolute atomic E-state index is 5.78. The summed E-state index contributed by atoms with van der Waals surface area (Å²) in [6.45, 7) is 7.21. The molecule has 31 heavy (non-hydrogen) atoms. The molecular weight excluding hydrogens is 376 g/mol. The zero-order valence-corrected chi connectivity index (χ0v) is 18.7. The van der Waals surface area contributed by atoms with Crippen molar-refractivity contribution in [3.05, 3.63) is 125 Å². The van der Waals surface area contributed by atoms with E-state index in [4.69, 9.17) is 4.74 Å². The van der Waals surface area contributed by atoms with Gasteiger partial charge in [-0.1, -0.05) is 91.0 Å². The Morgan fingerprint density at radius 2 is 1.26 bits per heavy atom. The molecular formula is C30H34O. The summed E-state index contributed by atoms with van der Waals surface area (Å²) in [5.74, 6) is 0. The van der Waals surface area contributed by atoms with Crippen LogP contribution in [0.5, 0.6) is 0 Å². The predicted octanol–water partition coefficient (Wildman–Crippen LogP) is 7.38. The molecule has 1 nitrogen and oxygen atoms in total. The fraction of sp³-hybridized carbons (Fsp3) is 0.267. The van der Waals surface area contributed by atoms with E-state index in [1.54, 1.807) is 0 Å². The van der Waals surface area contributed by atoms with Gasteiger partial charge in [-0.2, -0.15) is 0 Å². The number of benzene rings is 3. The highest BCUT2D eigenvalue weighted by Gasteiger charge is 2.04. The first-order chi connectivity index (χ1) is 15.3. The average molecular weight is 411 g/mol. The Morgan fingerprint density at radius 3 is 1.84 bits per heavy atom. The maximum atomic E-state index is 5.78. The highest BCUT2D eigenvalue weighted by Crippen LogP contribution is 2.16. The van der Waals surface area contributed by atoms with Crippen molar-refractivity contribution < 1.29 is 4.74 Å². The molecule has 0 amide bonds. The maximum Gasteiger partial charge on any atom is 0.0719 e. The van der Waals surface area contributed by atoms with Crippen molar-refractivity contribution >= 4 is 6.08 Å². The predicted molar refractivity (Wildman–Crippen MR) is 133 cm³/mol. The number of rotatable bonds is 12. The highest BCUT2D eigenvalue weighted by molar-refractivity contribution is 5.49. The van der Waals surface area contributed by atoms with Gasteiger partial charge < -0.3 is 4.74 Å². The Bertz CT molecular complexity index is 948. The van der Waals surface area contributed by atoms with E-state index in [2.05, 4.69) is 98.5 Å². The minimum absolute atomic E-state index is 0.679. The monoisotopic (exact) mass is 410 g/mol. The standard InChI is InChI=1S/C30H34O/c1-3-5-23-31-24-30-10-7-6-9-29(30)22-21-28-19-17-27(18-20-28)16-15-26-13-11-25(8-4-2)12-14-26/h3-4,6-14,17-20H,1,5,15-16,21-24H2,2H3. The van der Waals surface area contributed by atoms with Crippen LogP contribution in [0.4, 0.5) is 0 Å². The summed E-state index contributed by atoms with van der Waals surface area (Å²) < 4.78 is 5.78. The van der Waals surface area contributed by atoms with Gasteiger partial charge in [0.25, 0.3) is 0 Å². The van der Waals surface area contributed by atoms with Gasteiger partial charge in [-0.3, -0.25) is 0 Å². The summed E-state index contributed by atoms with van der Waals surface area (Å²) in [4.78, 5) is 0.